The van der Waals surface area contributed by atoms with Gasteiger partial charge in [0.25, 0.3) is 0 Å². The van der Waals surface area contributed by atoms with E-state index < -0.39 is 35.9 Å². The SMILES string of the molecule is NC(=O)[C@H](CCc1ccccc1)NC(=O)Cc1c(F)cccc1F. The van der Waals surface area contributed by atoms with E-state index in [0.29, 0.717) is 12.8 Å². The number of nitrogens with one attached hydrogen (secondary N) is 1. The number of aryl methyl sites for hydroxylation is 1. The monoisotopic (exact) mass is 332 g/mol. The maximum Gasteiger partial charge on any atom is 0.240 e. The predicted octanol–water partition coefficient (Wildman–Crippen LogP) is 2.11. The van der Waals surface area contributed by atoms with Crippen LogP contribution in [0.15, 0.2) is 48.5 Å². The van der Waals surface area contributed by atoms with Gasteiger partial charge in [-0.3, -0.25) is 9.59 Å². The molecular weight excluding hydrogens is 314 g/mol. The second-order valence-electron chi connectivity index (χ2n) is 5.42. The lowest BCUT2D eigenvalue weighted by molar-refractivity contribution is -0.127. The summed E-state index contributed by atoms with van der Waals surface area (Å²) in [5, 5.41) is 2.44. The molecule has 0 aliphatic heterocycles. The molecule has 0 spiro atoms. The first-order valence-electron chi connectivity index (χ1n) is 7.53. The Balaban J connectivity index is 1.97. The van der Waals surface area contributed by atoms with Crippen LogP contribution in [0.4, 0.5) is 8.78 Å². The summed E-state index contributed by atoms with van der Waals surface area (Å²) in [6.45, 7) is 0. The van der Waals surface area contributed by atoms with Crippen molar-refractivity contribution in [2.45, 2.75) is 25.3 Å². The number of amides is 2. The summed E-state index contributed by atoms with van der Waals surface area (Å²) in [4.78, 5) is 23.5. The fraction of sp³-hybridized carbons (Fsp3) is 0.222. The molecule has 0 unspecified atom stereocenters. The molecule has 2 rings (SSSR count). The van der Waals surface area contributed by atoms with Gasteiger partial charge in [-0.2, -0.15) is 0 Å². The zero-order chi connectivity index (χ0) is 17.5. The number of benzene rings is 2. The molecule has 0 aromatic heterocycles. The van der Waals surface area contributed by atoms with E-state index in [2.05, 4.69) is 5.32 Å². The molecule has 2 amide bonds. The molecule has 1 atom stereocenters. The van der Waals surface area contributed by atoms with Crippen molar-refractivity contribution in [2.75, 3.05) is 0 Å². The molecule has 24 heavy (non-hydrogen) atoms. The van der Waals surface area contributed by atoms with Gasteiger partial charge in [-0.05, 0) is 30.5 Å². The number of carbonyl (C=O) groups excluding carboxylic acids is 2. The summed E-state index contributed by atoms with van der Waals surface area (Å²) in [5.74, 6) is -2.95. The Morgan fingerprint density at radius 1 is 1.00 bits per heavy atom. The molecule has 3 N–H and O–H groups in total. The number of carbonyl (C=O) groups is 2. The maximum absolute atomic E-state index is 13.6. The highest BCUT2D eigenvalue weighted by Crippen LogP contribution is 2.13. The van der Waals surface area contributed by atoms with Crippen LogP contribution in [0.2, 0.25) is 0 Å². The van der Waals surface area contributed by atoms with Crippen LogP contribution in [0.25, 0.3) is 0 Å². The molecule has 2 aromatic rings. The Bertz CT molecular complexity index is 700. The van der Waals surface area contributed by atoms with Crippen LogP contribution < -0.4 is 11.1 Å². The summed E-state index contributed by atoms with van der Waals surface area (Å²) >= 11 is 0. The van der Waals surface area contributed by atoms with E-state index in [1.54, 1.807) is 0 Å². The topological polar surface area (TPSA) is 72.2 Å². The summed E-state index contributed by atoms with van der Waals surface area (Å²) in [6.07, 6.45) is 0.362. The van der Waals surface area contributed by atoms with Crippen molar-refractivity contribution in [3.05, 3.63) is 71.3 Å². The molecule has 0 aliphatic rings. The summed E-state index contributed by atoms with van der Waals surface area (Å²) < 4.78 is 27.1. The van der Waals surface area contributed by atoms with Gasteiger partial charge in [0.2, 0.25) is 11.8 Å². The van der Waals surface area contributed by atoms with Crippen molar-refractivity contribution in [3.63, 3.8) is 0 Å². The Labute approximate surface area is 138 Å². The number of hydrogen-bond donors (Lipinski definition) is 2. The minimum Gasteiger partial charge on any atom is -0.368 e. The second-order valence-corrected chi connectivity index (χ2v) is 5.42. The lowest BCUT2D eigenvalue weighted by Crippen LogP contribution is -2.45. The van der Waals surface area contributed by atoms with Crippen LogP contribution in [0.1, 0.15) is 17.5 Å². The third-order valence-electron chi connectivity index (χ3n) is 3.64. The molecule has 0 saturated heterocycles. The fourth-order valence-corrected chi connectivity index (χ4v) is 2.35. The first-order chi connectivity index (χ1) is 11.5. The van der Waals surface area contributed by atoms with E-state index >= 15 is 0 Å². The Kier molecular flexibility index (Phi) is 6.01. The van der Waals surface area contributed by atoms with Gasteiger partial charge in [-0.15, -0.1) is 0 Å². The molecule has 126 valence electrons. The quantitative estimate of drug-likeness (QED) is 0.815. The minimum absolute atomic E-state index is 0.310. The van der Waals surface area contributed by atoms with Crippen molar-refractivity contribution in [2.24, 2.45) is 5.73 Å². The molecule has 0 radical (unpaired) electrons. The molecule has 0 fully saturated rings. The fourth-order valence-electron chi connectivity index (χ4n) is 2.35. The van der Waals surface area contributed by atoms with Gasteiger partial charge in [0, 0.05) is 5.56 Å². The predicted molar refractivity (Wildman–Crippen MR) is 86.0 cm³/mol. The van der Waals surface area contributed by atoms with Crippen LogP contribution in [-0.4, -0.2) is 17.9 Å². The average molecular weight is 332 g/mol. The third kappa shape index (κ3) is 4.87. The zero-order valence-electron chi connectivity index (χ0n) is 13.0. The van der Waals surface area contributed by atoms with Crippen LogP contribution in [0, 0.1) is 11.6 Å². The zero-order valence-corrected chi connectivity index (χ0v) is 13.0. The van der Waals surface area contributed by atoms with E-state index in [1.165, 1.54) is 6.07 Å². The Morgan fingerprint density at radius 3 is 2.21 bits per heavy atom. The highest BCUT2D eigenvalue weighted by atomic mass is 19.1. The smallest absolute Gasteiger partial charge is 0.240 e. The van der Waals surface area contributed by atoms with Crippen molar-refractivity contribution in [3.8, 4) is 0 Å². The van der Waals surface area contributed by atoms with E-state index in [1.807, 2.05) is 30.3 Å². The van der Waals surface area contributed by atoms with Crippen LogP contribution >= 0.6 is 0 Å². The van der Waals surface area contributed by atoms with E-state index in [-0.39, 0.29) is 5.56 Å². The summed E-state index contributed by atoms with van der Waals surface area (Å²) in [7, 11) is 0. The standard InChI is InChI=1S/C18H18F2N2O2/c19-14-7-4-8-15(20)13(14)11-17(23)22-16(18(21)24)10-9-12-5-2-1-3-6-12/h1-8,16H,9-11H2,(H2,21,24)(H,22,23)/t16-/m0/s1. The molecular formula is C18H18F2N2O2. The molecule has 0 saturated carbocycles. The first-order valence-corrected chi connectivity index (χ1v) is 7.53. The number of halogens is 2. The van der Waals surface area contributed by atoms with Crippen LogP contribution in [0.5, 0.6) is 0 Å². The largest absolute Gasteiger partial charge is 0.368 e. The molecule has 2 aromatic carbocycles. The van der Waals surface area contributed by atoms with Gasteiger partial charge in [0.1, 0.15) is 17.7 Å². The normalized spacial score (nSPS) is 11.8. The number of rotatable bonds is 7. The molecule has 6 heteroatoms. The first kappa shape index (κ1) is 17.6. The maximum atomic E-state index is 13.6. The van der Waals surface area contributed by atoms with Gasteiger partial charge < -0.3 is 11.1 Å². The van der Waals surface area contributed by atoms with Gasteiger partial charge in [0.15, 0.2) is 0 Å². The molecule has 4 nitrogen and oxygen atoms in total. The van der Waals surface area contributed by atoms with E-state index in [0.717, 1.165) is 17.7 Å². The highest BCUT2D eigenvalue weighted by Gasteiger charge is 2.20. The minimum atomic E-state index is -0.896. The van der Waals surface area contributed by atoms with Crippen molar-refractivity contribution >= 4 is 11.8 Å². The van der Waals surface area contributed by atoms with E-state index in [4.69, 9.17) is 5.73 Å². The van der Waals surface area contributed by atoms with Crippen molar-refractivity contribution in [1.82, 2.24) is 5.32 Å². The van der Waals surface area contributed by atoms with Crippen LogP contribution in [-0.2, 0) is 22.4 Å². The van der Waals surface area contributed by atoms with Gasteiger partial charge >= 0.3 is 0 Å². The number of hydrogen-bond acceptors (Lipinski definition) is 2. The summed E-state index contributed by atoms with van der Waals surface area (Å²) in [5.41, 5.74) is 5.97. The highest BCUT2D eigenvalue weighted by molar-refractivity contribution is 5.87. The van der Waals surface area contributed by atoms with Gasteiger partial charge in [-0.25, -0.2) is 8.78 Å². The van der Waals surface area contributed by atoms with Crippen molar-refractivity contribution in [1.29, 1.82) is 0 Å². The molecule has 0 heterocycles. The Morgan fingerprint density at radius 2 is 1.62 bits per heavy atom. The lowest BCUT2D eigenvalue weighted by Gasteiger charge is -2.16. The van der Waals surface area contributed by atoms with Crippen molar-refractivity contribution < 1.29 is 18.4 Å². The van der Waals surface area contributed by atoms with Gasteiger partial charge in [-0.1, -0.05) is 36.4 Å². The summed E-state index contributed by atoms with van der Waals surface area (Å²) in [6, 6.07) is 11.9. The third-order valence-corrected chi connectivity index (χ3v) is 3.64. The van der Waals surface area contributed by atoms with E-state index in [9.17, 15) is 18.4 Å². The lowest BCUT2D eigenvalue weighted by atomic mass is 10.0. The second kappa shape index (κ2) is 8.19. The molecule has 0 bridgehead atoms. The average Bonchev–Trinajstić information content (AvgIpc) is 2.55. The molecule has 0 aliphatic carbocycles. The van der Waals surface area contributed by atoms with Crippen LogP contribution in [0.3, 0.4) is 0 Å². The van der Waals surface area contributed by atoms with Gasteiger partial charge in [0.05, 0.1) is 6.42 Å². The number of nitrogens with two attached hydrogens (primary N) is 1. The Hall–Kier alpha value is -2.76. The number of primary amides is 1.